The van der Waals surface area contributed by atoms with Crippen molar-refractivity contribution in [2.75, 3.05) is 7.11 Å². The molecule has 23 heavy (non-hydrogen) atoms. The largest absolute Gasteiger partial charge is 0.497 e. The van der Waals surface area contributed by atoms with Gasteiger partial charge in [-0.25, -0.2) is 13.1 Å². The summed E-state index contributed by atoms with van der Waals surface area (Å²) >= 11 is 0. The van der Waals surface area contributed by atoms with E-state index in [1.54, 1.807) is 55.6 Å². The Bertz CT molecular complexity index is 752. The fourth-order valence-corrected chi connectivity index (χ4v) is 3.39. The molecule has 1 N–H and O–H groups in total. The Kier molecular flexibility index (Phi) is 5.52. The van der Waals surface area contributed by atoms with Crippen molar-refractivity contribution in [3.8, 4) is 5.75 Å². The molecule has 0 saturated carbocycles. The van der Waals surface area contributed by atoms with Gasteiger partial charge in [-0.2, -0.15) is 0 Å². The third-order valence-electron chi connectivity index (χ3n) is 3.48. The van der Waals surface area contributed by atoms with Gasteiger partial charge in [0.25, 0.3) is 0 Å². The first-order chi connectivity index (χ1) is 11.0. The number of carbonyl (C=O) groups is 1. The summed E-state index contributed by atoms with van der Waals surface area (Å²) in [6.07, 6.45) is 0.754. The van der Waals surface area contributed by atoms with Crippen LogP contribution >= 0.6 is 0 Å². The maximum atomic E-state index is 12.5. The summed E-state index contributed by atoms with van der Waals surface area (Å²) in [6, 6.07) is 12.9. The van der Waals surface area contributed by atoms with Crippen molar-refractivity contribution < 1.29 is 17.9 Å². The van der Waals surface area contributed by atoms with Gasteiger partial charge in [0.2, 0.25) is 10.0 Å². The molecule has 0 aliphatic heterocycles. The minimum Gasteiger partial charge on any atom is -0.497 e. The number of hydrogen-bond donors (Lipinski definition) is 1. The Balaban J connectivity index is 2.27. The molecule has 0 aliphatic rings. The van der Waals surface area contributed by atoms with Crippen molar-refractivity contribution in [2.24, 2.45) is 0 Å². The van der Waals surface area contributed by atoms with Gasteiger partial charge < -0.3 is 9.53 Å². The number of aryl methyl sites for hydroxylation is 1. The Morgan fingerprint density at radius 1 is 1.09 bits per heavy atom. The van der Waals surface area contributed by atoms with Crippen molar-refractivity contribution in [3.05, 3.63) is 59.7 Å². The van der Waals surface area contributed by atoms with Crippen LogP contribution in [0.1, 0.15) is 23.6 Å². The van der Waals surface area contributed by atoms with Crippen LogP contribution in [0.3, 0.4) is 0 Å². The quantitative estimate of drug-likeness (QED) is 0.791. The van der Waals surface area contributed by atoms with E-state index >= 15 is 0 Å². The van der Waals surface area contributed by atoms with Gasteiger partial charge in [-0.15, -0.1) is 0 Å². The lowest BCUT2D eigenvalue weighted by Crippen LogP contribution is -2.29. The van der Waals surface area contributed by atoms with Gasteiger partial charge in [0.05, 0.1) is 18.0 Å². The van der Waals surface area contributed by atoms with Crippen molar-refractivity contribution in [1.82, 2.24) is 4.72 Å². The monoisotopic (exact) mass is 333 g/mol. The lowest BCUT2D eigenvalue weighted by molar-refractivity contribution is -0.108. The van der Waals surface area contributed by atoms with Crippen LogP contribution in [-0.2, 0) is 14.8 Å². The molecule has 0 aromatic heterocycles. The predicted molar refractivity (Wildman–Crippen MR) is 87.9 cm³/mol. The second-order valence-electron chi connectivity index (χ2n) is 5.16. The van der Waals surface area contributed by atoms with Crippen LogP contribution < -0.4 is 9.46 Å². The average molecular weight is 333 g/mol. The summed E-state index contributed by atoms with van der Waals surface area (Å²) in [5.41, 5.74) is 1.68. The average Bonchev–Trinajstić information content (AvgIpc) is 2.55. The zero-order valence-electron chi connectivity index (χ0n) is 13.0. The molecule has 0 saturated heterocycles. The van der Waals surface area contributed by atoms with E-state index in [0.717, 1.165) is 5.56 Å². The highest BCUT2D eigenvalue weighted by atomic mass is 32.2. The van der Waals surface area contributed by atoms with E-state index in [1.165, 1.54) is 0 Å². The molecule has 0 amide bonds. The molecule has 1 atom stereocenters. The first-order valence-electron chi connectivity index (χ1n) is 7.13. The highest BCUT2D eigenvalue weighted by Crippen LogP contribution is 2.22. The third-order valence-corrected chi connectivity index (χ3v) is 4.97. The zero-order valence-corrected chi connectivity index (χ0v) is 13.8. The minimum absolute atomic E-state index is 0.0530. The SMILES string of the molecule is COc1ccc(C(CC=O)NS(=O)(=O)c2ccc(C)cc2)cc1. The molecule has 5 nitrogen and oxygen atoms in total. The van der Waals surface area contributed by atoms with Crippen LogP contribution in [0, 0.1) is 6.92 Å². The second kappa shape index (κ2) is 7.39. The van der Waals surface area contributed by atoms with Gasteiger partial charge in [0.1, 0.15) is 12.0 Å². The molecule has 0 radical (unpaired) electrons. The van der Waals surface area contributed by atoms with Crippen LogP contribution in [-0.4, -0.2) is 21.8 Å². The third kappa shape index (κ3) is 4.40. The van der Waals surface area contributed by atoms with E-state index in [4.69, 9.17) is 4.74 Å². The Labute approximate surface area is 136 Å². The van der Waals surface area contributed by atoms with E-state index in [1.807, 2.05) is 6.92 Å². The van der Waals surface area contributed by atoms with E-state index in [0.29, 0.717) is 17.6 Å². The van der Waals surface area contributed by atoms with E-state index in [-0.39, 0.29) is 11.3 Å². The molecular weight excluding hydrogens is 314 g/mol. The number of hydrogen-bond acceptors (Lipinski definition) is 4. The summed E-state index contributed by atoms with van der Waals surface area (Å²) in [5, 5.41) is 0. The van der Waals surface area contributed by atoms with Crippen molar-refractivity contribution in [3.63, 3.8) is 0 Å². The van der Waals surface area contributed by atoms with Crippen molar-refractivity contribution >= 4 is 16.3 Å². The van der Waals surface area contributed by atoms with E-state index in [2.05, 4.69) is 4.72 Å². The fourth-order valence-electron chi connectivity index (χ4n) is 2.16. The maximum absolute atomic E-state index is 12.5. The smallest absolute Gasteiger partial charge is 0.241 e. The van der Waals surface area contributed by atoms with Gasteiger partial charge in [0, 0.05) is 6.42 Å². The van der Waals surface area contributed by atoms with E-state index < -0.39 is 16.1 Å². The molecule has 2 rings (SSSR count). The number of rotatable bonds is 7. The minimum atomic E-state index is -3.70. The van der Waals surface area contributed by atoms with Crippen LogP contribution in [0.25, 0.3) is 0 Å². The fraction of sp³-hybridized carbons (Fsp3) is 0.235. The molecule has 6 heteroatoms. The molecule has 0 fully saturated rings. The Morgan fingerprint density at radius 2 is 1.70 bits per heavy atom. The van der Waals surface area contributed by atoms with Crippen LogP contribution in [0.4, 0.5) is 0 Å². The van der Waals surface area contributed by atoms with E-state index in [9.17, 15) is 13.2 Å². The number of nitrogens with one attached hydrogen (secondary N) is 1. The number of sulfonamides is 1. The normalized spacial score (nSPS) is 12.6. The number of benzene rings is 2. The summed E-state index contributed by atoms with van der Waals surface area (Å²) in [7, 11) is -2.15. The first kappa shape index (κ1) is 17.2. The topological polar surface area (TPSA) is 72.5 Å². The Hall–Kier alpha value is -2.18. The van der Waals surface area contributed by atoms with Gasteiger partial charge >= 0.3 is 0 Å². The lowest BCUT2D eigenvalue weighted by Gasteiger charge is -2.17. The highest BCUT2D eigenvalue weighted by Gasteiger charge is 2.21. The van der Waals surface area contributed by atoms with Gasteiger partial charge in [0.15, 0.2) is 0 Å². The molecule has 0 aliphatic carbocycles. The predicted octanol–water partition coefficient (Wildman–Crippen LogP) is 2.61. The number of methoxy groups -OCH3 is 1. The summed E-state index contributed by atoms with van der Waals surface area (Å²) in [6.45, 7) is 1.89. The molecule has 0 spiro atoms. The highest BCUT2D eigenvalue weighted by molar-refractivity contribution is 7.89. The standard InChI is InChI=1S/C17H19NO4S/c1-13-3-9-16(10-4-13)23(20,21)18-17(11-12-19)14-5-7-15(22-2)8-6-14/h3-10,12,17-18H,11H2,1-2H3. The summed E-state index contributed by atoms with van der Waals surface area (Å²) in [4.78, 5) is 11.1. The number of ether oxygens (including phenoxy) is 1. The second-order valence-corrected chi connectivity index (χ2v) is 6.88. The van der Waals surface area contributed by atoms with Gasteiger partial charge in [-0.1, -0.05) is 29.8 Å². The van der Waals surface area contributed by atoms with Crippen LogP contribution in [0.15, 0.2) is 53.4 Å². The molecular formula is C17H19NO4S. The van der Waals surface area contributed by atoms with Crippen molar-refractivity contribution in [1.29, 1.82) is 0 Å². The zero-order chi connectivity index (χ0) is 16.9. The lowest BCUT2D eigenvalue weighted by atomic mass is 10.1. The number of aldehydes is 1. The Morgan fingerprint density at radius 3 is 2.22 bits per heavy atom. The van der Waals surface area contributed by atoms with Crippen LogP contribution in [0.5, 0.6) is 5.75 Å². The first-order valence-corrected chi connectivity index (χ1v) is 8.61. The number of carbonyl (C=O) groups excluding carboxylic acids is 1. The van der Waals surface area contributed by atoms with Crippen LogP contribution in [0.2, 0.25) is 0 Å². The van der Waals surface area contributed by atoms with Crippen molar-refractivity contribution in [2.45, 2.75) is 24.3 Å². The summed E-state index contributed by atoms with van der Waals surface area (Å²) < 4.78 is 32.6. The summed E-state index contributed by atoms with van der Waals surface area (Å²) in [5.74, 6) is 0.667. The maximum Gasteiger partial charge on any atom is 0.241 e. The van der Waals surface area contributed by atoms with Gasteiger partial charge in [-0.05, 0) is 36.8 Å². The molecule has 0 heterocycles. The molecule has 1 unspecified atom stereocenters. The van der Waals surface area contributed by atoms with Gasteiger partial charge in [-0.3, -0.25) is 0 Å². The molecule has 2 aromatic carbocycles. The molecule has 0 bridgehead atoms. The molecule has 122 valence electrons. The molecule has 2 aromatic rings.